The lowest BCUT2D eigenvalue weighted by atomic mass is 10.0. The Morgan fingerprint density at radius 2 is 1.83 bits per heavy atom. The van der Waals surface area contributed by atoms with Crippen LogP contribution in [0.2, 0.25) is 0 Å². The van der Waals surface area contributed by atoms with Crippen molar-refractivity contribution >= 4 is 29.0 Å². The number of nitrogens with zero attached hydrogens (tertiary/aromatic N) is 2. The summed E-state index contributed by atoms with van der Waals surface area (Å²) in [7, 11) is 1.89. The Morgan fingerprint density at radius 3 is 2.50 bits per heavy atom. The largest absolute Gasteiger partial charge is 0.386 e. The number of hydrogen-bond donors (Lipinski definition) is 2. The molecule has 4 nitrogen and oxygen atoms in total. The number of aromatic nitrogens is 2. The summed E-state index contributed by atoms with van der Waals surface area (Å²) in [5.41, 5.74) is 5.57. The number of aromatic amines is 1. The molecule has 24 heavy (non-hydrogen) atoms. The molecule has 0 fully saturated rings. The molecule has 124 valence electrons. The van der Waals surface area contributed by atoms with Gasteiger partial charge in [-0.1, -0.05) is 26.0 Å². The van der Waals surface area contributed by atoms with Gasteiger partial charge >= 0.3 is 0 Å². The molecule has 1 aromatic heterocycles. The van der Waals surface area contributed by atoms with E-state index in [1.807, 2.05) is 7.05 Å². The van der Waals surface area contributed by atoms with E-state index < -0.39 is 0 Å². The first kappa shape index (κ1) is 16.2. The lowest BCUT2D eigenvalue weighted by Crippen LogP contribution is -2.39. The highest BCUT2D eigenvalue weighted by molar-refractivity contribution is 5.77. The second-order valence-electron chi connectivity index (χ2n) is 6.51. The third kappa shape index (κ3) is 2.92. The minimum absolute atomic E-state index is 0.186. The van der Waals surface area contributed by atoms with E-state index in [9.17, 15) is 0 Å². The van der Waals surface area contributed by atoms with Gasteiger partial charge in [-0.05, 0) is 42.5 Å². The average Bonchev–Trinajstić information content (AvgIpc) is 3.03. The molecule has 3 aromatic rings. The zero-order valence-electron chi connectivity index (χ0n) is 14.8. The van der Waals surface area contributed by atoms with Crippen LogP contribution < -0.4 is 10.00 Å². The quantitative estimate of drug-likeness (QED) is 0.525. The molecular weight excluding hydrogens is 296 g/mol. The minimum Gasteiger partial charge on any atom is -0.386 e. The van der Waals surface area contributed by atoms with Crippen molar-refractivity contribution in [3.63, 3.8) is 0 Å². The SMILES string of the molecule is C=Nc1cc(C(C)[n+]2cc3ccc(C(C)C)cc3[nH]2)ccc1NC. The molecule has 0 amide bonds. The lowest BCUT2D eigenvalue weighted by Gasteiger charge is -2.09. The van der Waals surface area contributed by atoms with Gasteiger partial charge in [-0.3, -0.25) is 4.99 Å². The Hall–Kier alpha value is -2.62. The summed E-state index contributed by atoms with van der Waals surface area (Å²) in [6, 6.07) is 13.1. The van der Waals surface area contributed by atoms with Crippen molar-refractivity contribution in [2.75, 3.05) is 12.4 Å². The molecular formula is C20H25N4+. The zero-order chi connectivity index (χ0) is 17.3. The summed E-state index contributed by atoms with van der Waals surface area (Å²) in [5, 5.41) is 7.87. The standard InChI is InChI=1S/C20H24N4/c1-13(2)15-6-7-17-12-24(23-19(17)10-15)14(3)16-8-9-18(21-4)20(11-16)22-5/h6-14,21H,5H2,1-4H3/p+1. The van der Waals surface area contributed by atoms with E-state index in [-0.39, 0.29) is 6.04 Å². The molecule has 0 aliphatic carbocycles. The molecule has 0 spiro atoms. The molecule has 1 unspecified atom stereocenters. The maximum Gasteiger partial charge on any atom is 0.204 e. The molecule has 0 aliphatic heterocycles. The number of fused-ring (bicyclic) bond motifs is 1. The topological polar surface area (TPSA) is 44.1 Å². The van der Waals surface area contributed by atoms with Crippen molar-refractivity contribution in [2.24, 2.45) is 4.99 Å². The van der Waals surface area contributed by atoms with Gasteiger partial charge in [-0.15, -0.1) is 4.68 Å². The number of rotatable bonds is 5. The van der Waals surface area contributed by atoms with Gasteiger partial charge in [0.25, 0.3) is 0 Å². The third-order valence-electron chi connectivity index (χ3n) is 4.63. The summed E-state index contributed by atoms with van der Waals surface area (Å²) >= 11 is 0. The van der Waals surface area contributed by atoms with Crippen molar-refractivity contribution in [1.29, 1.82) is 0 Å². The summed E-state index contributed by atoms with van der Waals surface area (Å²) in [6.07, 6.45) is 2.16. The van der Waals surface area contributed by atoms with Gasteiger partial charge in [-0.25, -0.2) is 0 Å². The Balaban J connectivity index is 1.99. The highest BCUT2D eigenvalue weighted by atomic mass is 15.3. The molecule has 1 heterocycles. The van der Waals surface area contributed by atoms with Crippen molar-refractivity contribution in [2.45, 2.75) is 32.7 Å². The Morgan fingerprint density at radius 1 is 1.08 bits per heavy atom. The number of benzene rings is 2. The molecule has 0 bridgehead atoms. The Bertz CT molecular complexity index is 876. The van der Waals surface area contributed by atoms with Gasteiger partial charge in [-0.2, -0.15) is 5.10 Å². The normalized spacial score (nSPS) is 12.5. The fourth-order valence-electron chi connectivity index (χ4n) is 2.98. The number of nitrogens with one attached hydrogen (secondary N) is 2. The summed E-state index contributed by atoms with van der Waals surface area (Å²) in [6.45, 7) is 10.3. The van der Waals surface area contributed by atoms with E-state index in [0.717, 1.165) is 11.4 Å². The highest BCUT2D eigenvalue weighted by Gasteiger charge is 2.20. The van der Waals surface area contributed by atoms with Crippen LogP contribution >= 0.6 is 0 Å². The van der Waals surface area contributed by atoms with Crippen LogP contribution in [-0.2, 0) is 0 Å². The fourth-order valence-corrected chi connectivity index (χ4v) is 2.98. The van der Waals surface area contributed by atoms with Crippen LogP contribution in [0.1, 0.15) is 43.9 Å². The van der Waals surface area contributed by atoms with E-state index in [2.05, 4.69) is 90.2 Å². The van der Waals surface area contributed by atoms with Gasteiger partial charge in [0.2, 0.25) is 12.2 Å². The van der Waals surface area contributed by atoms with E-state index in [1.54, 1.807) is 0 Å². The predicted molar refractivity (Wildman–Crippen MR) is 102 cm³/mol. The highest BCUT2D eigenvalue weighted by Crippen LogP contribution is 2.28. The molecule has 2 aromatic carbocycles. The van der Waals surface area contributed by atoms with Crippen molar-refractivity contribution in [3.8, 4) is 0 Å². The molecule has 4 heteroatoms. The van der Waals surface area contributed by atoms with Crippen LogP contribution in [0.4, 0.5) is 11.4 Å². The predicted octanol–water partition coefficient (Wildman–Crippen LogP) is 4.56. The third-order valence-corrected chi connectivity index (χ3v) is 4.63. The number of anilines is 1. The first-order chi connectivity index (χ1) is 11.5. The monoisotopic (exact) mass is 321 g/mol. The van der Waals surface area contributed by atoms with Crippen LogP contribution in [0.15, 0.2) is 47.6 Å². The van der Waals surface area contributed by atoms with Crippen molar-refractivity contribution in [1.82, 2.24) is 5.10 Å². The average molecular weight is 321 g/mol. The summed E-state index contributed by atoms with van der Waals surface area (Å²) in [5.74, 6) is 0.527. The zero-order valence-corrected chi connectivity index (χ0v) is 14.8. The first-order valence-corrected chi connectivity index (χ1v) is 8.35. The molecule has 2 N–H and O–H groups in total. The molecule has 0 radical (unpaired) electrons. The van der Waals surface area contributed by atoms with Crippen LogP contribution in [0.5, 0.6) is 0 Å². The number of hydrogen-bond acceptors (Lipinski definition) is 2. The molecule has 1 atom stereocenters. The maximum absolute atomic E-state index is 4.12. The van der Waals surface area contributed by atoms with Gasteiger partial charge in [0.15, 0.2) is 0 Å². The maximum atomic E-state index is 4.12. The number of aliphatic imine (C=N–C) groups is 1. The molecule has 0 saturated carbocycles. The molecule has 0 saturated heterocycles. The van der Waals surface area contributed by atoms with Gasteiger partial charge in [0.1, 0.15) is 5.52 Å². The second-order valence-corrected chi connectivity index (χ2v) is 6.51. The fraction of sp³-hybridized carbons (Fsp3) is 0.300. The van der Waals surface area contributed by atoms with Gasteiger partial charge in [0, 0.05) is 19.5 Å². The van der Waals surface area contributed by atoms with Crippen LogP contribution in [-0.4, -0.2) is 18.9 Å². The van der Waals surface area contributed by atoms with Gasteiger partial charge in [0.05, 0.1) is 16.8 Å². The van der Waals surface area contributed by atoms with Crippen LogP contribution in [0.3, 0.4) is 0 Å². The van der Waals surface area contributed by atoms with Gasteiger partial charge < -0.3 is 5.32 Å². The van der Waals surface area contributed by atoms with Crippen LogP contribution in [0, 0.1) is 0 Å². The lowest BCUT2D eigenvalue weighted by molar-refractivity contribution is -0.760. The van der Waals surface area contributed by atoms with Crippen molar-refractivity contribution in [3.05, 3.63) is 53.7 Å². The second kappa shape index (κ2) is 6.48. The summed E-state index contributed by atoms with van der Waals surface area (Å²) in [4.78, 5) is 4.12. The Kier molecular flexibility index (Phi) is 4.38. The van der Waals surface area contributed by atoms with E-state index in [0.29, 0.717) is 5.92 Å². The van der Waals surface area contributed by atoms with Crippen LogP contribution in [0.25, 0.3) is 10.9 Å². The number of H-pyrrole nitrogens is 1. The van der Waals surface area contributed by atoms with E-state index in [4.69, 9.17) is 0 Å². The van der Waals surface area contributed by atoms with E-state index >= 15 is 0 Å². The molecule has 0 aliphatic rings. The first-order valence-electron chi connectivity index (χ1n) is 8.35. The molecule has 3 rings (SSSR count). The Labute approximate surface area is 143 Å². The van der Waals surface area contributed by atoms with Crippen molar-refractivity contribution < 1.29 is 4.68 Å². The van der Waals surface area contributed by atoms with E-state index in [1.165, 1.54) is 22.0 Å². The smallest absolute Gasteiger partial charge is 0.204 e. The summed E-state index contributed by atoms with van der Waals surface area (Å²) < 4.78 is 2.15. The minimum atomic E-state index is 0.186.